The van der Waals surface area contributed by atoms with Crippen molar-refractivity contribution >= 4 is 28.3 Å². The van der Waals surface area contributed by atoms with Gasteiger partial charge in [0.05, 0.1) is 6.20 Å². The summed E-state index contributed by atoms with van der Waals surface area (Å²) in [7, 11) is 0. The van der Waals surface area contributed by atoms with Gasteiger partial charge in [0.1, 0.15) is 22.7 Å². The fraction of sp³-hybridized carbons (Fsp3) is 0.353. The summed E-state index contributed by atoms with van der Waals surface area (Å²) in [5.74, 6) is -0.159. The Morgan fingerprint density at radius 3 is 2.73 bits per heavy atom. The first-order valence-electron chi connectivity index (χ1n) is 14.9. The van der Waals surface area contributed by atoms with E-state index in [-0.39, 0.29) is 5.56 Å². The molecule has 0 radical (unpaired) electrons. The van der Waals surface area contributed by atoms with Crippen LogP contribution >= 0.6 is 0 Å². The first kappa shape index (κ1) is 25.8. The van der Waals surface area contributed by atoms with Crippen molar-refractivity contribution in [2.75, 3.05) is 31.1 Å². The average Bonchev–Trinajstić information content (AvgIpc) is 3.65. The number of fused-ring (bicyclic) bond motifs is 2. The number of hydrogen-bond acceptors (Lipinski definition) is 5. The van der Waals surface area contributed by atoms with Gasteiger partial charge >= 0.3 is 5.97 Å². The van der Waals surface area contributed by atoms with Crippen LogP contribution in [-0.4, -0.2) is 52.1 Å². The van der Waals surface area contributed by atoms with Gasteiger partial charge in [-0.1, -0.05) is 30.7 Å². The van der Waals surface area contributed by atoms with Crippen LogP contribution < -0.4 is 9.64 Å². The van der Waals surface area contributed by atoms with Crippen molar-refractivity contribution in [1.82, 2.24) is 14.9 Å². The number of pyridine rings is 1. The largest absolute Gasteiger partial charge is 0.478 e. The number of carboxylic acids is 1. The molecule has 1 atom stereocenters. The lowest BCUT2D eigenvalue weighted by molar-refractivity contribution is 0.0694. The summed E-state index contributed by atoms with van der Waals surface area (Å²) in [5.41, 5.74) is 8.08. The smallest absolute Gasteiger partial charge is 0.339 e. The first-order chi connectivity index (χ1) is 20.1. The first-order valence-corrected chi connectivity index (χ1v) is 14.9. The van der Waals surface area contributed by atoms with Gasteiger partial charge in [-0.25, -0.2) is 9.78 Å². The summed E-state index contributed by atoms with van der Waals surface area (Å²) in [6, 6.07) is 16.7. The number of nitrogens with one attached hydrogen (secondary N) is 1. The highest BCUT2D eigenvalue weighted by atomic mass is 16.5. The van der Waals surface area contributed by atoms with Gasteiger partial charge < -0.3 is 19.7 Å². The third-order valence-electron chi connectivity index (χ3n) is 9.03. The van der Waals surface area contributed by atoms with Crippen LogP contribution in [0, 0.1) is 0 Å². The fourth-order valence-electron chi connectivity index (χ4n) is 6.95. The molecule has 3 heterocycles. The van der Waals surface area contributed by atoms with Gasteiger partial charge in [-0.3, -0.25) is 4.90 Å². The molecule has 1 unspecified atom stereocenters. The minimum absolute atomic E-state index is 0.143. The van der Waals surface area contributed by atoms with E-state index in [2.05, 4.69) is 44.0 Å². The number of allylic oxidation sites excluding steroid dienone is 2. The Labute approximate surface area is 240 Å². The number of benzene rings is 2. The fourth-order valence-corrected chi connectivity index (χ4v) is 6.95. The van der Waals surface area contributed by atoms with E-state index >= 15 is 0 Å². The standard InChI is InChI=1S/C34H36N4O3/c39-34(40)30-13-12-25(21-32(30)41-26-20-24-14-15-35-33(24)36-22-26)37-16-18-38(19-17-37)31-11-4-3-8-28-27(9-5-10-29(28)31)23-6-1-2-7-23/h5-6,9-10,12-15,20-22,31H,1-4,7-8,11,16-19H2,(H,35,36)(H,39,40). The molecular formula is C34H36N4O3. The van der Waals surface area contributed by atoms with Crippen molar-refractivity contribution < 1.29 is 14.6 Å². The molecule has 41 heavy (non-hydrogen) atoms. The van der Waals surface area contributed by atoms with E-state index in [1.165, 1.54) is 56.1 Å². The Bertz CT molecular complexity index is 1620. The maximum Gasteiger partial charge on any atom is 0.339 e. The number of carboxylic acid groups (broad SMARTS) is 1. The lowest BCUT2D eigenvalue weighted by atomic mass is 9.89. The van der Waals surface area contributed by atoms with Crippen molar-refractivity contribution in [3.63, 3.8) is 0 Å². The van der Waals surface area contributed by atoms with Gasteiger partial charge in [0.25, 0.3) is 0 Å². The second kappa shape index (κ2) is 11.1. The SMILES string of the molecule is O=C(O)c1ccc(N2CCN(C3CCCCc4c(C5=CCCC5)cccc43)CC2)cc1Oc1cnc2[nH]ccc2c1. The summed E-state index contributed by atoms with van der Waals surface area (Å²) in [6.45, 7) is 3.72. The number of aromatic carboxylic acids is 1. The Hall–Kier alpha value is -4.10. The number of hydrogen-bond donors (Lipinski definition) is 2. The molecule has 2 aromatic carbocycles. The van der Waals surface area contributed by atoms with Crippen molar-refractivity contribution in [2.45, 2.75) is 51.0 Å². The van der Waals surface area contributed by atoms with Crippen molar-refractivity contribution in [1.29, 1.82) is 0 Å². The van der Waals surface area contributed by atoms with E-state index in [9.17, 15) is 9.90 Å². The van der Waals surface area contributed by atoms with Gasteiger partial charge in [-0.15, -0.1) is 0 Å². The van der Waals surface area contributed by atoms with E-state index in [1.54, 1.807) is 23.4 Å². The average molecular weight is 549 g/mol. The van der Waals surface area contributed by atoms with E-state index in [4.69, 9.17) is 4.74 Å². The predicted octanol–water partition coefficient (Wildman–Crippen LogP) is 7.21. The third-order valence-corrected chi connectivity index (χ3v) is 9.03. The number of ether oxygens (including phenoxy) is 1. The number of piperazine rings is 1. The molecule has 3 aliphatic rings. The van der Waals surface area contributed by atoms with Crippen LogP contribution in [0.2, 0.25) is 0 Å². The molecule has 7 nitrogen and oxygen atoms in total. The second-order valence-corrected chi connectivity index (χ2v) is 11.5. The summed E-state index contributed by atoms with van der Waals surface area (Å²) < 4.78 is 6.10. The van der Waals surface area contributed by atoms with Crippen LogP contribution in [0.3, 0.4) is 0 Å². The Morgan fingerprint density at radius 2 is 1.90 bits per heavy atom. The van der Waals surface area contributed by atoms with E-state index in [0.29, 0.717) is 17.5 Å². The van der Waals surface area contributed by atoms with Gasteiger partial charge in [-0.05, 0) is 85.1 Å². The van der Waals surface area contributed by atoms with Crippen LogP contribution in [0.15, 0.2) is 67.0 Å². The Kier molecular flexibility index (Phi) is 6.97. The van der Waals surface area contributed by atoms with Crippen LogP contribution in [0.5, 0.6) is 11.5 Å². The molecule has 2 aliphatic carbocycles. The number of aromatic nitrogens is 2. The highest BCUT2D eigenvalue weighted by Crippen LogP contribution is 2.40. The molecule has 1 fully saturated rings. The normalized spacial score (nSPS) is 19.6. The Morgan fingerprint density at radius 1 is 1.00 bits per heavy atom. The van der Waals surface area contributed by atoms with Gasteiger partial charge in [0.15, 0.2) is 0 Å². The lowest BCUT2D eigenvalue weighted by Crippen LogP contribution is -2.47. The van der Waals surface area contributed by atoms with Gasteiger partial charge in [0, 0.05) is 55.6 Å². The zero-order chi connectivity index (χ0) is 27.8. The number of H-pyrrole nitrogens is 1. The minimum atomic E-state index is -1.01. The number of aromatic amines is 1. The third kappa shape index (κ3) is 5.10. The van der Waals surface area contributed by atoms with Crippen molar-refractivity contribution in [3.8, 4) is 11.5 Å². The molecule has 7 rings (SSSR count). The zero-order valence-corrected chi connectivity index (χ0v) is 23.3. The molecule has 2 aromatic heterocycles. The van der Waals surface area contributed by atoms with Crippen LogP contribution in [0.1, 0.15) is 71.6 Å². The minimum Gasteiger partial charge on any atom is -0.478 e. The number of anilines is 1. The molecule has 210 valence electrons. The molecule has 2 N–H and O–H groups in total. The molecule has 7 heteroatoms. The maximum atomic E-state index is 12.0. The summed E-state index contributed by atoms with van der Waals surface area (Å²) in [5, 5.41) is 10.7. The number of nitrogens with zero attached hydrogens (tertiary/aromatic N) is 3. The van der Waals surface area contributed by atoms with E-state index in [0.717, 1.165) is 42.9 Å². The highest BCUT2D eigenvalue weighted by molar-refractivity contribution is 5.92. The monoisotopic (exact) mass is 548 g/mol. The Balaban J connectivity index is 1.10. The number of rotatable bonds is 6. The topological polar surface area (TPSA) is 81.7 Å². The molecular weight excluding hydrogens is 512 g/mol. The molecule has 4 aromatic rings. The van der Waals surface area contributed by atoms with Crippen LogP contribution in [0.4, 0.5) is 5.69 Å². The zero-order valence-electron chi connectivity index (χ0n) is 23.3. The lowest BCUT2D eigenvalue weighted by Gasteiger charge is -2.41. The van der Waals surface area contributed by atoms with E-state index < -0.39 is 5.97 Å². The van der Waals surface area contributed by atoms with E-state index in [1.807, 2.05) is 30.5 Å². The van der Waals surface area contributed by atoms with Crippen LogP contribution in [-0.2, 0) is 6.42 Å². The quantitative estimate of drug-likeness (QED) is 0.248. The van der Waals surface area contributed by atoms with Crippen molar-refractivity contribution in [3.05, 3.63) is 89.3 Å². The molecule has 0 saturated carbocycles. The maximum absolute atomic E-state index is 12.0. The van der Waals surface area contributed by atoms with Crippen molar-refractivity contribution in [2.24, 2.45) is 0 Å². The van der Waals surface area contributed by atoms with Gasteiger partial charge in [-0.2, -0.15) is 0 Å². The summed E-state index contributed by atoms with van der Waals surface area (Å²) in [4.78, 5) is 24.5. The highest BCUT2D eigenvalue weighted by Gasteiger charge is 2.30. The molecule has 0 amide bonds. The molecule has 1 aliphatic heterocycles. The number of carbonyl (C=O) groups is 1. The molecule has 0 bridgehead atoms. The van der Waals surface area contributed by atoms with Gasteiger partial charge in [0.2, 0.25) is 0 Å². The molecule has 1 saturated heterocycles. The van der Waals surface area contributed by atoms with Crippen LogP contribution in [0.25, 0.3) is 16.6 Å². The summed E-state index contributed by atoms with van der Waals surface area (Å²) >= 11 is 0. The summed E-state index contributed by atoms with van der Waals surface area (Å²) in [6.07, 6.45) is 14.5. The molecule has 0 spiro atoms. The second-order valence-electron chi connectivity index (χ2n) is 11.5. The predicted molar refractivity (Wildman–Crippen MR) is 162 cm³/mol.